The molecule has 1 N–H and O–H groups in total. The Labute approximate surface area is 210 Å². The molecular formula is C24H25ClN2O6S2. The molecule has 3 aromatic rings. The van der Waals surface area contributed by atoms with E-state index in [1.807, 2.05) is 0 Å². The van der Waals surface area contributed by atoms with E-state index < -0.39 is 38.4 Å². The number of rotatable bonds is 9. The van der Waals surface area contributed by atoms with Crippen LogP contribution in [0.5, 0.6) is 5.75 Å². The maximum Gasteiger partial charge on any atom is 0.264 e. The first-order chi connectivity index (χ1) is 16.4. The first kappa shape index (κ1) is 26.5. The van der Waals surface area contributed by atoms with E-state index in [1.54, 1.807) is 37.3 Å². The number of nitrogens with one attached hydrogen (secondary N) is 1. The quantitative estimate of drug-likeness (QED) is 0.445. The summed E-state index contributed by atoms with van der Waals surface area (Å²) in [4.78, 5) is 13.1. The van der Waals surface area contributed by atoms with Gasteiger partial charge in [0.1, 0.15) is 12.3 Å². The fraction of sp³-hybridized carbons (Fsp3) is 0.208. The van der Waals surface area contributed by atoms with Gasteiger partial charge in [0.15, 0.2) is 9.84 Å². The van der Waals surface area contributed by atoms with E-state index in [-0.39, 0.29) is 20.5 Å². The highest BCUT2D eigenvalue weighted by Crippen LogP contribution is 2.32. The smallest absolute Gasteiger partial charge is 0.264 e. The number of methoxy groups -OCH3 is 1. The average molecular weight is 537 g/mol. The fourth-order valence-corrected chi connectivity index (χ4v) is 5.67. The number of benzene rings is 3. The molecule has 11 heteroatoms. The zero-order chi connectivity index (χ0) is 25.8. The van der Waals surface area contributed by atoms with Crippen LogP contribution in [0.15, 0.2) is 82.6 Å². The second-order valence-electron chi connectivity index (χ2n) is 7.77. The topological polar surface area (TPSA) is 110 Å². The van der Waals surface area contributed by atoms with E-state index in [9.17, 15) is 21.6 Å². The Morgan fingerprint density at radius 2 is 1.60 bits per heavy atom. The maximum atomic E-state index is 13.4. The van der Waals surface area contributed by atoms with Crippen molar-refractivity contribution in [1.29, 1.82) is 0 Å². The van der Waals surface area contributed by atoms with Gasteiger partial charge in [-0.3, -0.25) is 9.10 Å². The number of carbonyl (C=O) groups is 1. The highest BCUT2D eigenvalue weighted by Gasteiger charge is 2.28. The summed E-state index contributed by atoms with van der Waals surface area (Å²) in [5, 5.41) is 2.96. The lowest BCUT2D eigenvalue weighted by Crippen LogP contribution is -2.41. The lowest BCUT2D eigenvalue weighted by molar-refractivity contribution is -0.120. The van der Waals surface area contributed by atoms with Gasteiger partial charge < -0.3 is 10.1 Å². The van der Waals surface area contributed by atoms with Gasteiger partial charge >= 0.3 is 0 Å². The molecule has 1 amide bonds. The first-order valence-corrected chi connectivity index (χ1v) is 14.1. The van der Waals surface area contributed by atoms with E-state index in [0.29, 0.717) is 11.3 Å². The summed E-state index contributed by atoms with van der Waals surface area (Å²) in [7, 11) is -6.01. The summed E-state index contributed by atoms with van der Waals surface area (Å²) >= 11 is 6.23. The van der Waals surface area contributed by atoms with Crippen LogP contribution in [0.3, 0.4) is 0 Å². The predicted molar refractivity (Wildman–Crippen MR) is 135 cm³/mol. The van der Waals surface area contributed by atoms with Crippen LogP contribution in [0.1, 0.15) is 18.5 Å². The molecule has 0 saturated carbocycles. The van der Waals surface area contributed by atoms with Crippen molar-refractivity contribution in [2.24, 2.45) is 0 Å². The van der Waals surface area contributed by atoms with Crippen LogP contribution in [-0.4, -0.2) is 42.7 Å². The molecule has 0 aliphatic rings. The van der Waals surface area contributed by atoms with Gasteiger partial charge in [-0.2, -0.15) is 0 Å². The summed E-state index contributed by atoms with van der Waals surface area (Å²) in [6.07, 6.45) is 1.11. The Hall–Kier alpha value is -3.08. The monoisotopic (exact) mass is 536 g/mol. The van der Waals surface area contributed by atoms with E-state index in [2.05, 4.69) is 5.32 Å². The van der Waals surface area contributed by atoms with E-state index in [0.717, 1.165) is 10.6 Å². The third-order valence-electron chi connectivity index (χ3n) is 5.23. The highest BCUT2D eigenvalue weighted by atomic mass is 35.5. The van der Waals surface area contributed by atoms with Crippen molar-refractivity contribution >= 4 is 43.1 Å². The molecule has 0 radical (unpaired) electrons. The van der Waals surface area contributed by atoms with Crippen LogP contribution >= 0.6 is 11.6 Å². The number of sulfone groups is 1. The molecule has 3 rings (SSSR count). The second-order valence-corrected chi connectivity index (χ2v) is 12.1. The Kier molecular flexibility index (Phi) is 8.09. The van der Waals surface area contributed by atoms with Crippen LogP contribution in [0.4, 0.5) is 5.69 Å². The molecule has 1 unspecified atom stereocenters. The molecular weight excluding hydrogens is 512 g/mol. The van der Waals surface area contributed by atoms with Crippen LogP contribution in [0, 0.1) is 0 Å². The zero-order valence-corrected chi connectivity index (χ0v) is 21.7. The molecule has 186 valence electrons. The summed E-state index contributed by atoms with van der Waals surface area (Å²) in [5.41, 5.74) is 0.857. The number of sulfonamides is 1. The largest absolute Gasteiger partial charge is 0.495 e. The molecule has 3 aromatic carbocycles. The number of ether oxygens (including phenoxy) is 1. The van der Waals surface area contributed by atoms with Gasteiger partial charge in [-0.25, -0.2) is 16.8 Å². The van der Waals surface area contributed by atoms with Crippen LogP contribution in [-0.2, 0) is 24.7 Å². The molecule has 0 spiro atoms. The van der Waals surface area contributed by atoms with Gasteiger partial charge in [-0.15, -0.1) is 0 Å². The molecule has 0 saturated heterocycles. The summed E-state index contributed by atoms with van der Waals surface area (Å²) in [6, 6.07) is 17.8. The number of anilines is 1. The van der Waals surface area contributed by atoms with Crippen LogP contribution in [0.2, 0.25) is 5.02 Å². The molecule has 1 atom stereocenters. The van der Waals surface area contributed by atoms with E-state index in [4.69, 9.17) is 16.3 Å². The Morgan fingerprint density at radius 1 is 0.971 bits per heavy atom. The van der Waals surface area contributed by atoms with Crippen molar-refractivity contribution in [2.45, 2.75) is 22.8 Å². The zero-order valence-electron chi connectivity index (χ0n) is 19.3. The van der Waals surface area contributed by atoms with Gasteiger partial charge in [-0.1, -0.05) is 41.9 Å². The van der Waals surface area contributed by atoms with Gasteiger partial charge in [0.2, 0.25) is 5.91 Å². The highest BCUT2D eigenvalue weighted by molar-refractivity contribution is 7.93. The normalized spacial score (nSPS) is 12.6. The minimum Gasteiger partial charge on any atom is -0.495 e. The Morgan fingerprint density at radius 3 is 2.14 bits per heavy atom. The fourth-order valence-electron chi connectivity index (χ4n) is 3.35. The van der Waals surface area contributed by atoms with Gasteiger partial charge in [0.05, 0.1) is 33.7 Å². The third-order valence-corrected chi connectivity index (χ3v) is 8.44. The van der Waals surface area contributed by atoms with Crippen molar-refractivity contribution in [3.63, 3.8) is 0 Å². The van der Waals surface area contributed by atoms with E-state index in [1.165, 1.54) is 49.6 Å². The molecule has 0 fully saturated rings. The minimum atomic E-state index is -4.10. The average Bonchev–Trinajstić information content (AvgIpc) is 2.82. The number of nitrogens with zero attached hydrogens (tertiary/aromatic N) is 1. The van der Waals surface area contributed by atoms with Crippen LogP contribution < -0.4 is 14.4 Å². The molecule has 0 bridgehead atoms. The summed E-state index contributed by atoms with van der Waals surface area (Å²) in [6.45, 7) is 1.21. The SMILES string of the molecule is COc1ccc(N(CC(=O)NC(C)c2ccc(S(C)(=O)=O)cc2)S(=O)(=O)c2ccccc2)cc1Cl. The number of hydrogen-bond acceptors (Lipinski definition) is 6. The molecule has 35 heavy (non-hydrogen) atoms. The first-order valence-electron chi connectivity index (χ1n) is 10.4. The van der Waals surface area contributed by atoms with Crippen molar-refractivity contribution < 1.29 is 26.4 Å². The van der Waals surface area contributed by atoms with Crippen molar-refractivity contribution in [3.05, 3.63) is 83.4 Å². The minimum absolute atomic E-state index is 0.0177. The predicted octanol–water partition coefficient (Wildman–Crippen LogP) is 3.82. The number of halogens is 1. The van der Waals surface area contributed by atoms with Crippen LogP contribution in [0.25, 0.3) is 0 Å². The summed E-state index contributed by atoms with van der Waals surface area (Å²) in [5.74, 6) is -0.195. The van der Waals surface area contributed by atoms with Crippen molar-refractivity contribution in [3.8, 4) is 5.75 Å². The molecule has 0 aliphatic heterocycles. The van der Waals surface area contributed by atoms with Gasteiger partial charge in [-0.05, 0) is 55.0 Å². The number of hydrogen-bond donors (Lipinski definition) is 1. The third kappa shape index (κ3) is 6.33. The standard InChI is InChI=1S/C24H25ClN2O6S2/c1-17(18-9-12-20(13-10-18)34(3,29)30)26-24(28)16-27(19-11-14-23(33-2)22(25)15-19)35(31,32)21-7-5-4-6-8-21/h4-15,17H,16H2,1-3H3,(H,26,28). The number of amides is 1. The molecule has 0 aromatic heterocycles. The molecule has 8 nitrogen and oxygen atoms in total. The lowest BCUT2D eigenvalue weighted by Gasteiger charge is -2.25. The second kappa shape index (κ2) is 10.7. The molecule has 0 heterocycles. The maximum absolute atomic E-state index is 13.4. The van der Waals surface area contributed by atoms with Crippen molar-refractivity contribution in [2.75, 3.05) is 24.2 Å². The Bertz CT molecular complexity index is 1410. The van der Waals surface area contributed by atoms with Gasteiger partial charge in [0, 0.05) is 6.26 Å². The lowest BCUT2D eigenvalue weighted by atomic mass is 10.1. The Balaban J connectivity index is 1.88. The van der Waals surface area contributed by atoms with E-state index >= 15 is 0 Å². The van der Waals surface area contributed by atoms with Gasteiger partial charge in [0.25, 0.3) is 10.0 Å². The summed E-state index contributed by atoms with van der Waals surface area (Å²) < 4.78 is 56.3. The number of carbonyl (C=O) groups excluding carboxylic acids is 1. The van der Waals surface area contributed by atoms with Crippen molar-refractivity contribution in [1.82, 2.24) is 5.32 Å². The molecule has 0 aliphatic carbocycles.